The highest BCUT2D eigenvalue weighted by Gasteiger charge is 2.11. The summed E-state index contributed by atoms with van der Waals surface area (Å²) >= 11 is 7.31. The molecule has 0 aromatic heterocycles. The number of esters is 1. The highest BCUT2D eigenvalue weighted by atomic mass is 35.5. The molecule has 0 unspecified atom stereocenters. The number of para-hydroxylation sites is 2. The second kappa shape index (κ2) is 12.7. The Hall–Kier alpha value is -3.49. The number of thioether (sulfide) groups is 1. The topological polar surface area (TPSA) is 93.7 Å². The lowest BCUT2D eigenvalue weighted by molar-refractivity contribution is -0.144. The van der Waals surface area contributed by atoms with Crippen LogP contribution in [0.4, 0.5) is 11.4 Å². The maximum absolute atomic E-state index is 12.5. The molecule has 0 aliphatic heterocycles. The fourth-order valence-electron chi connectivity index (χ4n) is 2.91. The average molecular weight is 499 g/mol. The number of hydrogen-bond donors (Lipinski definition) is 2. The van der Waals surface area contributed by atoms with Crippen LogP contribution >= 0.6 is 23.4 Å². The van der Waals surface area contributed by atoms with Crippen LogP contribution in [0.3, 0.4) is 0 Å². The molecule has 2 N–H and O–H groups in total. The monoisotopic (exact) mass is 498 g/mol. The van der Waals surface area contributed by atoms with E-state index in [1.165, 1.54) is 18.9 Å². The number of methoxy groups -OCH3 is 1. The predicted octanol–water partition coefficient (Wildman–Crippen LogP) is 5.02. The van der Waals surface area contributed by atoms with Crippen molar-refractivity contribution in [2.75, 3.05) is 30.1 Å². The Morgan fingerprint density at radius 1 is 0.941 bits per heavy atom. The zero-order chi connectivity index (χ0) is 24.3. The Bertz CT molecular complexity index is 1150. The van der Waals surface area contributed by atoms with Crippen molar-refractivity contribution in [3.63, 3.8) is 0 Å². The van der Waals surface area contributed by atoms with E-state index in [2.05, 4.69) is 10.6 Å². The van der Waals surface area contributed by atoms with Gasteiger partial charge < -0.3 is 20.1 Å². The van der Waals surface area contributed by atoms with Gasteiger partial charge in [0.25, 0.3) is 11.8 Å². The van der Waals surface area contributed by atoms with Crippen molar-refractivity contribution in [2.45, 2.75) is 5.75 Å². The lowest BCUT2D eigenvalue weighted by Gasteiger charge is -2.10. The first-order valence-electron chi connectivity index (χ1n) is 10.3. The van der Waals surface area contributed by atoms with Crippen LogP contribution in [-0.4, -0.2) is 37.3 Å². The van der Waals surface area contributed by atoms with Crippen molar-refractivity contribution >= 4 is 52.5 Å². The first-order valence-corrected chi connectivity index (χ1v) is 11.8. The Morgan fingerprint density at radius 3 is 2.44 bits per heavy atom. The molecule has 9 heteroatoms. The number of nitrogens with one attached hydrogen (secondary N) is 2. The Morgan fingerprint density at radius 2 is 1.71 bits per heavy atom. The van der Waals surface area contributed by atoms with Gasteiger partial charge in [0.1, 0.15) is 5.75 Å². The van der Waals surface area contributed by atoms with Gasteiger partial charge in [-0.3, -0.25) is 14.4 Å². The number of carbonyl (C=O) groups is 3. The van der Waals surface area contributed by atoms with Crippen LogP contribution in [0.15, 0.2) is 72.8 Å². The summed E-state index contributed by atoms with van der Waals surface area (Å²) in [6.07, 6.45) is 0. The summed E-state index contributed by atoms with van der Waals surface area (Å²) in [5, 5.41) is 6.05. The molecule has 7 nitrogen and oxygen atoms in total. The van der Waals surface area contributed by atoms with Gasteiger partial charge >= 0.3 is 5.97 Å². The van der Waals surface area contributed by atoms with E-state index in [1.54, 1.807) is 48.5 Å². The normalized spacial score (nSPS) is 10.3. The number of amides is 2. The van der Waals surface area contributed by atoms with Gasteiger partial charge in [0.05, 0.1) is 18.6 Å². The van der Waals surface area contributed by atoms with Crippen LogP contribution in [0.2, 0.25) is 5.02 Å². The number of carbonyl (C=O) groups excluding carboxylic acids is 3. The maximum Gasteiger partial charge on any atom is 0.316 e. The molecule has 0 radical (unpaired) electrons. The van der Waals surface area contributed by atoms with Crippen LogP contribution in [0.5, 0.6) is 5.75 Å². The van der Waals surface area contributed by atoms with Crippen molar-refractivity contribution in [3.8, 4) is 5.75 Å². The summed E-state index contributed by atoms with van der Waals surface area (Å²) in [7, 11) is 1.53. The van der Waals surface area contributed by atoms with Crippen molar-refractivity contribution in [2.24, 2.45) is 0 Å². The van der Waals surface area contributed by atoms with Gasteiger partial charge in [-0.05, 0) is 54.1 Å². The Balaban J connectivity index is 1.40. The van der Waals surface area contributed by atoms with Crippen LogP contribution in [-0.2, 0) is 20.1 Å². The van der Waals surface area contributed by atoms with Crippen LogP contribution in [0.1, 0.15) is 15.9 Å². The molecule has 0 saturated carbocycles. The van der Waals surface area contributed by atoms with E-state index in [1.807, 2.05) is 24.3 Å². The van der Waals surface area contributed by atoms with E-state index in [-0.39, 0.29) is 11.7 Å². The van der Waals surface area contributed by atoms with Crippen molar-refractivity contribution in [1.29, 1.82) is 0 Å². The molecule has 0 saturated heterocycles. The van der Waals surface area contributed by atoms with Gasteiger partial charge in [0.15, 0.2) is 6.61 Å². The van der Waals surface area contributed by atoms with Gasteiger partial charge in [0, 0.05) is 22.0 Å². The van der Waals surface area contributed by atoms with Crippen LogP contribution in [0, 0.1) is 0 Å². The largest absolute Gasteiger partial charge is 0.495 e. The maximum atomic E-state index is 12.5. The predicted molar refractivity (Wildman–Crippen MR) is 135 cm³/mol. The Kier molecular flexibility index (Phi) is 9.37. The molecule has 0 spiro atoms. The summed E-state index contributed by atoms with van der Waals surface area (Å²) in [5.41, 5.74) is 2.44. The summed E-state index contributed by atoms with van der Waals surface area (Å²) in [4.78, 5) is 36.4. The standard InChI is InChI=1S/C25H23ClN2O5S/c1-32-22-8-3-2-7-21(22)28-25(31)18-9-11-20(12-10-18)27-23(29)14-33-24(30)16-34-15-17-5-4-6-19(26)13-17/h2-13H,14-16H2,1H3,(H,27,29)(H,28,31). The average Bonchev–Trinajstić information content (AvgIpc) is 2.83. The molecule has 3 aromatic carbocycles. The number of benzene rings is 3. The van der Waals surface area contributed by atoms with Crippen LogP contribution < -0.4 is 15.4 Å². The van der Waals surface area contributed by atoms with Gasteiger partial charge in [-0.25, -0.2) is 0 Å². The fraction of sp³-hybridized carbons (Fsp3) is 0.160. The van der Waals surface area contributed by atoms with Gasteiger partial charge in [0.2, 0.25) is 0 Å². The molecule has 0 fully saturated rings. The van der Waals surface area contributed by atoms with Crippen molar-refractivity contribution in [1.82, 2.24) is 0 Å². The van der Waals surface area contributed by atoms with E-state index < -0.39 is 18.5 Å². The lowest BCUT2D eigenvalue weighted by Crippen LogP contribution is -2.21. The summed E-state index contributed by atoms with van der Waals surface area (Å²) in [6.45, 7) is -0.396. The number of hydrogen-bond acceptors (Lipinski definition) is 6. The minimum atomic E-state index is -0.481. The summed E-state index contributed by atoms with van der Waals surface area (Å²) in [5.74, 6) is 0.0166. The van der Waals surface area contributed by atoms with E-state index in [0.29, 0.717) is 33.5 Å². The molecule has 0 aliphatic carbocycles. The Labute approximate surface area is 206 Å². The molecule has 2 amide bonds. The quantitative estimate of drug-likeness (QED) is 0.381. The lowest BCUT2D eigenvalue weighted by atomic mass is 10.2. The second-order valence-corrected chi connectivity index (χ2v) is 8.49. The fourth-order valence-corrected chi connectivity index (χ4v) is 3.89. The molecule has 3 aromatic rings. The molecule has 0 aliphatic rings. The van der Waals surface area contributed by atoms with E-state index in [4.69, 9.17) is 21.1 Å². The zero-order valence-corrected chi connectivity index (χ0v) is 19.9. The highest BCUT2D eigenvalue weighted by Crippen LogP contribution is 2.24. The number of anilines is 2. The number of ether oxygens (including phenoxy) is 2. The molecule has 0 bridgehead atoms. The molecule has 3 rings (SSSR count). The third kappa shape index (κ3) is 7.83. The molecule has 0 atom stereocenters. The van der Waals surface area contributed by atoms with E-state index in [9.17, 15) is 14.4 Å². The van der Waals surface area contributed by atoms with E-state index in [0.717, 1.165) is 5.56 Å². The smallest absolute Gasteiger partial charge is 0.316 e. The molecular formula is C25H23ClN2O5S. The third-order valence-electron chi connectivity index (χ3n) is 4.53. The highest BCUT2D eigenvalue weighted by molar-refractivity contribution is 7.99. The molecule has 176 valence electrons. The number of halogens is 1. The molecule has 0 heterocycles. The molecular weight excluding hydrogens is 476 g/mol. The first kappa shape index (κ1) is 25.1. The summed E-state index contributed by atoms with van der Waals surface area (Å²) in [6, 6.07) is 20.8. The first-order chi connectivity index (χ1) is 16.4. The minimum absolute atomic E-state index is 0.121. The second-order valence-electron chi connectivity index (χ2n) is 7.06. The van der Waals surface area contributed by atoms with Gasteiger partial charge in [-0.2, -0.15) is 0 Å². The third-order valence-corrected chi connectivity index (χ3v) is 5.74. The van der Waals surface area contributed by atoms with E-state index >= 15 is 0 Å². The summed E-state index contributed by atoms with van der Waals surface area (Å²) < 4.78 is 10.2. The van der Waals surface area contributed by atoms with Crippen molar-refractivity contribution < 1.29 is 23.9 Å². The molecule has 34 heavy (non-hydrogen) atoms. The SMILES string of the molecule is COc1ccccc1NC(=O)c1ccc(NC(=O)COC(=O)CSCc2cccc(Cl)c2)cc1. The minimum Gasteiger partial charge on any atom is -0.495 e. The van der Waals surface area contributed by atoms with Crippen LogP contribution in [0.25, 0.3) is 0 Å². The van der Waals surface area contributed by atoms with Gasteiger partial charge in [-0.15, -0.1) is 11.8 Å². The van der Waals surface area contributed by atoms with Gasteiger partial charge in [-0.1, -0.05) is 35.9 Å². The number of rotatable bonds is 10. The van der Waals surface area contributed by atoms with Crippen molar-refractivity contribution in [3.05, 3.63) is 88.9 Å². The zero-order valence-electron chi connectivity index (χ0n) is 18.4.